The van der Waals surface area contributed by atoms with Gasteiger partial charge in [0, 0.05) is 8.07 Å². The van der Waals surface area contributed by atoms with E-state index in [0.717, 1.165) is 0 Å². The lowest BCUT2D eigenvalue weighted by molar-refractivity contribution is 1.19. The standard InChI is InChI=1S/C10H18BClSi/c1-8-6-9(2)10(11(12)7-8)13(3,4)5/h6-7,10H,1-5H3. The molecular formula is C10H18BClSi. The summed E-state index contributed by atoms with van der Waals surface area (Å²) < 4.78 is 0. The first-order valence-electron chi connectivity index (χ1n) is 4.83. The molecule has 0 N–H and O–H groups in total. The molecule has 0 aliphatic carbocycles. The summed E-state index contributed by atoms with van der Waals surface area (Å²) in [5.41, 5.74) is 3.39. The van der Waals surface area contributed by atoms with Gasteiger partial charge in [0.2, 0.25) is 0 Å². The zero-order valence-electron chi connectivity index (χ0n) is 9.19. The van der Waals surface area contributed by atoms with E-state index in [1.54, 1.807) is 0 Å². The van der Waals surface area contributed by atoms with E-state index in [-0.39, 0.29) is 6.13 Å². The summed E-state index contributed by atoms with van der Waals surface area (Å²) in [4.78, 5) is 0. The molecular weight excluding hydrogens is 194 g/mol. The van der Waals surface area contributed by atoms with Gasteiger partial charge in [-0.3, -0.25) is 0 Å². The maximum atomic E-state index is 6.37. The van der Waals surface area contributed by atoms with Crippen LogP contribution in [0.15, 0.2) is 23.2 Å². The number of allylic oxidation sites excluding steroid dienone is 3. The Morgan fingerprint density at radius 3 is 2.23 bits per heavy atom. The Morgan fingerprint density at radius 1 is 1.31 bits per heavy atom. The highest BCUT2D eigenvalue weighted by Gasteiger charge is 2.36. The van der Waals surface area contributed by atoms with Crippen molar-refractivity contribution in [2.24, 2.45) is 0 Å². The van der Waals surface area contributed by atoms with Crippen LogP contribution in [-0.4, -0.2) is 14.2 Å². The van der Waals surface area contributed by atoms with E-state index in [9.17, 15) is 0 Å². The van der Waals surface area contributed by atoms with Gasteiger partial charge in [-0.2, -0.15) is 11.5 Å². The predicted molar refractivity (Wildman–Crippen MR) is 66.2 cm³/mol. The van der Waals surface area contributed by atoms with Crippen LogP contribution >= 0.6 is 11.5 Å². The van der Waals surface area contributed by atoms with E-state index >= 15 is 0 Å². The van der Waals surface area contributed by atoms with Crippen LogP contribution in [0, 0.1) is 0 Å². The Morgan fingerprint density at radius 2 is 1.85 bits per heavy atom. The van der Waals surface area contributed by atoms with Gasteiger partial charge in [0.25, 0.3) is 6.13 Å². The van der Waals surface area contributed by atoms with Gasteiger partial charge in [-0.1, -0.05) is 42.8 Å². The summed E-state index contributed by atoms with van der Waals surface area (Å²) in [6, 6.07) is 0. The zero-order valence-corrected chi connectivity index (χ0v) is 10.9. The summed E-state index contributed by atoms with van der Waals surface area (Å²) in [5.74, 6) is 2.19. The zero-order chi connectivity index (χ0) is 10.2. The van der Waals surface area contributed by atoms with Gasteiger partial charge in [-0.15, -0.1) is 0 Å². The smallest absolute Gasteiger partial charge is 0.189 e. The molecule has 1 heterocycles. The quantitative estimate of drug-likeness (QED) is 0.578. The van der Waals surface area contributed by atoms with E-state index in [1.807, 2.05) is 0 Å². The highest BCUT2D eigenvalue weighted by Crippen LogP contribution is 2.37. The lowest BCUT2D eigenvalue weighted by Crippen LogP contribution is -2.37. The summed E-state index contributed by atoms with van der Waals surface area (Å²) in [6.07, 6.45) is 2.50. The fourth-order valence-electron chi connectivity index (χ4n) is 2.26. The van der Waals surface area contributed by atoms with Crippen LogP contribution < -0.4 is 0 Å². The third kappa shape index (κ3) is 2.50. The van der Waals surface area contributed by atoms with Gasteiger partial charge in [0.15, 0.2) is 0 Å². The molecule has 1 atom stereocenters. The van der Waals surface area contributed by atoms with Crippen LogP contribution in [0.25, 0.3) is 0 Å². The van der Waals surface area contributed by atoms with E-state index in [4.69, 9.17) is 11.5 Å². The first-order valence-corrected chi connectivity index (χ1v) is 8.84. The van der Waals surface area contributed by atoms with E-state index < -0.39 is 8.07 Å². The van der Waals surface area contributed by atoms with Gasteiger partial charge in [0.1, 0.15) is 0 Å². The van der Waals surface area contributed by atoms with Crippen molar-refractivity contribution in [3.8, 4) is 0 Å². The van der Waals surface area contributed by atoms with Gasteiger partial charge < -0.3 is 0 Å². The fourth-order valence-corrected chi connectivity index (χ4v) is 6.29. The summed E-state index contributed by atoms with van der Waals surface area (Å²) >= 11 is 6.37. The molecule has 0 saturated carbocycles. The van der Waals surface area contributed by atoms with Crippen molar-refractivity contribution in [2.75, 3.05) is 0 Å². The molecule has 0 nitrogen and oxygen atoms in total. The predicted octanol–water partition coefficient (Wildman–Crippen LogP) is 3.91. The van der Waals surface area contributed by atoms with Crippen molar-refractivity contribution in [1.82, 2.24) is 0 Å². The molecule has 1 aliphatic rings. The molecule has 0 amide bonds. The summed E-state index contributed by atoms with van der Waals surface area (Å²) in [7, 11) is -1.16. The second-order valence-corrected chi connectivity index (χ2v) is 10.9. The van der Waals surface area contributed by atoms with Crippen LogP contribution in [-0.2, 0) is 0 Å². The van der Waals surface area contributed by atoms with Crippen molar-refractivity contribution in [3.63, 3.8) is 0 Å². The van der Waals surface area contributed by atoms with E-state index in [0.29, 0.717) is 5.44 Å². The minimum atomic E-state index is -1.16. The highest BCUT2D eigenvalue weighted by atomic mass is 35.5. The molecule has 0 bridgehead atoms. The molecule has 0 aromatic carbocycles. The normalized spacial score (nSPS) is 24.2. The molecule has 1 aliphatic heterocycles. The van der Waals surface area contributed by atoms with Crippen LogP contribution in [0.5, 0.6) is 0 Å². The van der Waals surface area contributed by atoms with Crippen molar-refractivity contribution in [3.05, 3.63) is 23.2 Å². The molecule has 72 valence electrons. The molecule has 1 rings (SSSR count). The Kier molecular flexibility index (Phi) is 3.13. The maximum absolute atomic E-state index is 6.37. The first kappa shape index (κ1) is 11.1. The largest absolute Gasteiger partial charge is 0.280 e. The minimum Gasteiger partial charge on any atom is -0.189 e. The van der Waals surface area contributed by atoms with Crippen molar-refractivity contribution < 1.29 is 0 Å². The lowest BCUT2D eigenvalue weighted by atomic mass is 9.65. The second kappa shape index (κ2) is 3.66. The third-order valence-electron chi connectivity index (χ3n) is 2.62. The van der Waals surface area contributed by atoms with Gasteiger partial charge in [0.05, 0.1) is 0 Å². The average Bonchev–Trinajstić information content (AvgIpc) is 1.78. The van der Waals surface area contributed by atoms with Gasteiger partial charge in [-0.25, -0.2) is 0 Å². The van der Waals surface area contributed by atoms with Gasteiger partial charge >= 0.3 is 0 Å². The summed E-state index contributed by atoms with van der Waals surface area (Å²) in [5, 5.41) is 0. The fraction of sp³-hybridized carbons (Fsp3) is 0.600. The molecule has 0 spiro atoms. The van der Waals surface area contributed by atoms with E-state index in [2.05, 4.69) is 45.5 Å². The SMILES string of the molecule is CC1=CB(Cl)C([Si](C)(C)C)C(C)=C1. The monoisotopic (exact) mass is 212 g/mol. The molecule has 13 heavy (non-hydrogen) atoms. The summed E-state index contributed by atoms with van der Waals surface area (Å²) in [6.45, 7) is 11.5. The molecule has 0 radical (unpaired) electrons. The molecule has 0 aromatic heterocycles. The second-order valence-electron chi connectivity index (χ2n) is 5.09. The van der Waals surface area contributed by atoms with Crippen molar-refractivity contribution in [1.29, 1.82) is 0 Å². The van der Waals surface area contributed by atoms with Crippen molar-refractivity contribution in [2.45, 2.75) is 38.9 Å². The molecule has 0 fully saturated rings. The molecule has 0 aromatic rings. The average molecular weight is 213 g/mol. The Hall–Kier alpha value is 0.0518. The minimum absolute atomic E-state index is 0.219. The van der Waals surface area contributed by atoms with Crippen LogP contribution in [0.1, 0.15) is 13.8 Å². The molecule has 1 unspecified atom stereocenters. The third-order valence-corrected chi connectivity index (χ3v) is 5.89. The van der Waals surface area contributed by atoms with Crippen LogP contribution in [0.2, 0.25) is 25.1 Å². The Labute approximate surface area is 88.1 Å². The lowest BCUT2D eigenvalue weighted by Gasteiger charge is -2.33. The number of hydrogen-bond acceptors (Lipinski definition) is 0. The Bertz CT molecular complexity index is 263. The Balaban J connectivity index is 2.97. The maximum Gasteiger partial charge on any atom is 0.280 e. The van der Waals surface area contributed by atoms with Gasteiger partial charge in [-0.05, 0) is 19.3 Å². The number of halogens is 1. The molecule has 3 heteroatoms. The number of hydrogen-bond donors (Lipinski definition) is 0. The highest BCUT2D eigenvalue weighted by molar-refractivity contribution is 7.17. The number of rotatable bonds is 1. The first-order chi connectivity index (χ1) is 5.82. The van der Waals surface area contributed by atoms with Crippen LogP contribution in [0.3, 0.4) is 0 Å². The van der Waals surface area contributed by atoms with Crippen LogP contribution in [0.4, 0.5) is 0 Å². The van der Waals surface area contributed by atoms with Crippen molar-refractivity contribution >= 4 is 25.7 Å². The van der Waals surface area contributed by atoms with E-state index in [1.165, 1.54) is 11.1 Å². The molecule has 0 saturated heterocycles. The topological polar surface area (TPSA) is 0 Å².